The van der Waals surface area contributed by atoms with Crippen LogP contribution in [-0.2, 0) is 14.3 Å². The number of carbonyl (C=O) groups is 1. The van der Waals surface area contributed by atoms with Gasteiger partial charge in [-0.15, -0.1) is 0 Å². The van der Waals surface area contributed by atoms with Crippen LogP contribution in [0.25, 0.3) is 0 Å². The summed E-state index contributed by atoms with van der Waals surface area (Å²) in [5, 5.41) is 20.0. The number of nitrogens with zero attached hydrogens (tertiary/aromatic N) is 1. The molecule has 16 heavy (non-hydrogen) atoms. The second-order valence-electron chi connectivity index (χ2n) is 3.09. The van der Waals surface area contributed by atoms with Crippen LogP contribution >= 0.6 is 0 Å². The van der Waals surface area contributed by atoms with Crippen molar-refractivity contribution in [2.24, 2.45) is 5.92 Å². The molecule has 0 saturated carbocycles. The van der Waals surface area contributed by atoms with E-state index in [2.05, 4.69) is 0 Å². The molecule has 0 saturated heterocycles. The number of methoxy groups -OCH3 is 2. The summed E-state index contributed by atoms with van der Waals surface area (Å²) < 4.78 is 9.61. The molecule has 0 aromatic heterocycles. The number of carboxylic acids is 1. The molecule has 2 atom stereocenters. The smallest absolute Gasteiger partial charge is 0.399 e. The van der Waals surface area contributed by atoms with E-state index in [9.17, 15) is 14.9 Å². The minimum absolute atomic E-state index is 0.144. The Morgan fingerprint density at radius 1 is 1.62 bits per heavy atom. The zero-order valence-electron chi connectivity index (χ0n) is 8.75. The summed E-state index contributed by atoms with van der Waals surface area (Å²) in [6.45, 7) is 0. The van der Waals surface area contributed by atoms with Crippen molar-refractivity contribution in [1.29, 1.82) is 0 Å². The predicted octanol–water partition coefficient (Wildman–Crippen LogP) is 0.407. The number of rotatable bonds is 4. The first-order chi connectivity index (χ1) is 7.50. The Morgan fingerprint density at radius 2 is 2.25 bits per heavy atom. The van der Waals surface area contributed by atoms with Crippen LogP contribution in [0.4, 0.5) is 0 Å². The average molecular weight is 229 g/mol. The normalized spacial score (nSPS) is 28.4. The highest BCUT2D eigenvalue weighted by Gasteiger charge is 2.59. The Labute approximate surface area is 91.1 Å². The number of hydrogen-bond donors (Lipinski definition) is 1. The van der Waals surface area contributed by atoms with Gasteiger partial charge in [-0.3, -0.25) is 14.9 Å². The summed E-state index contributed by atoms with van der Waals surface area (Å²) >= 11 is 0. The molecule has 0 heterocycles. The fourth-order valence-corrected chi connectivity index (χ4v) is 1.63. The number of aliphatic carboxylic acids is 1. The number of allylic oxidation sites excluding steroid dienone is 2. The summed E-state index contributed by atoms with van der Waals surface area (Å²) in [6.07, 6.45) is 3.89. The van der Waals surface area contributed by atoms with Crippen LogP contribution in [0.2, 0.25) is 0 Å². The first kappa shape index (κ1) is 12.2. The van der Waals surface area contributed by atoms with Crippen molar-refractivity contribution in [3.05, 3.63) is 34.1 Å². The van der Waals surface area contributed by atoms with Crippen LogP contribution in [0, 0.1) is 16.0 Å². The Bertz CT molecular complexity index is 374. The van der Waals surface area contributed by atoms with E-state index >= 15 is 0 Å². The molecule has 0 radical (unpaired) electrons. The third-order valence-electron chi connectivity index (χ3n) is 2.39. The van der Waals surface area contributed by atoms with Crippen LogP contribution in [0.5, 0.6) is 0 Å². The molecule has 2 unspecified atom stereocenters. The van der Waals surface area contributed by atoms with Crippen molar-refractivity contribution >= 4 is 5.97 Å². The summed E-state index contributed by atoms with van der Waals surface area (Å²) in [5.41, 5.74) is -2.20. The highest BCUT2D eigenvalue weighted by atomic mass is 16.7. The van der Waals surface area contributed by atoms with Gasteiger partial charge in [0.25, 0.3) is 0 Å². The lowest BCUT2D eigenvalue weighted by atomic mass is 9.89. The average Bonchev–Trinajstić information content (AvgIpc) is 2.26. The van der Waals surface area contributed by atoms with E-state index in [1.807, 2.05) is 0 Å². The van der Waals surface area contributed by atoms with Gasteiger partial charge in [0.1, 0.15) is 0 Å². The first-order valence-corrected chi connectivity index (χ1v) is 4.36. The van der Waals surface area contributed by atoms with Gasteiger partial charge in [0, 0.05) is 7.11 Å². The van der Waals surface area contributed by atoms with Crippen LogP contribution in [-0.4, -0.2) is 35.9 Å². The van der Waals surface area contributed by atoms with Crippen LogP contribution in [0.3, 0.4) is 0 Å². The zero-order chi connectivity index (χ0) is 12.3. The van der Waals surface area contributed by atoms with Gasteiger partial charge in [0.15, 0.2) is 5.92 Å². The highest BCUT2D eigenvalue weighted by Crippen LogP contribution is 2.35. The van der Waals surface area contributed by atoms with Crippen molar-refractivity contribution in [3.8, 4) is 0 Å². The van der Waals surface area contributed by atoms with E-state index in [1.54, 1.807) is 0 Å². The van der Waals surface area contributed by atoms with E-state index in [4.69, 9.17) is 14.6 Å². The lowest BCUT2D eigenvalue weighted by Crippen LogP contribution is -2.52. The molecule has 0 aliphatic heterocycles. The molecule has 1 aliphatic carbocycles. The SMILES string of the molecule is COC1=CC=CC(C(=O)O)C1(OC)[N+](=O)[O-]. The number of carboxylic acid groups (broad SMARTS) is 1. The Kier molecular flexibility index (Phi) is 3.28. The Hall–Kier alpha value is -1.89. The fourth-order valence-electron chi connectivity index (χ4n) is 1.63. The number of nitro groups is 1. The number of hydrogen-bond acceptors (Lipinski definition) is 5. The van der Waals surface area contributed by atoms with Crippen LogP contribution in [0.1, 0.15) is 0 Å². The maximum Gasteiger partial charge on any atom is 0.399 e. The van der Waals surface area contributed by atoms with Crippen LogP contribution < -0.4 is 0 Å². The van der Waals surface area contributed by atoms with Gasteiger partial charge in [-0.1, -0.05) is 12.2 Å². The van der Waals surface area contributed by atoms with Crippen molar-refractivity contribution in [1.82, 2.24) is 0 Å². The Balaban J connectivity index is 3.33. The van der Waals surface area contributed by atoms with Crippen molar-refractivity contribution < 1.29 is 24.3 Å². The number of ether oxygens (including phenoxy) is 2. The molecule has 88 valence electrons. The lowest BCUT2D eigenvalue weighted by Gasteiger charge is -2.29. The topological polar surface area (TPSA) is 98.9 Å². The minimum atomic E-state index is -2.20. The molecule has 7 nitrogen and oxygen atoms in total. The molecule has 0 aromatic rings. The van der Waals surface area contributed by atoms with E-state index in [-0.39, 0.29) is 5.76 Å². The van der Waals surface area contributed by atoms with Crippen molar-refractivity contribution in [3.63, 3.8) is 0 Å². The van der Waals surface area contributed by atoms with Gasteiger partial charge in [-0.25, -0.2) is 0 Å². The second kappa shape index (κ2) is 4.31. The second-order valence-corrected chi connectivity index (χ2v) is 3.09. The van der Waals surface area contributed by atoms with Crippen LogP contribution in [0.15, 0.2) is 24.0 Å². The molecular formula is C9H11NO6. The standard InChI is InChI=1S/C9H11NO6/c1-15-7-5-3-4-6(8(11)12)9(7,16-2)10(13)14/h3-6H,1-2H3,(H,11,12). The summed E-state index contributed by atoms with van der Waals surface area (Å²) in [7, 11) is 2.30. The molecular weight excluding hydrogens is 218 g/mol. The highest BCUT2D eigenvalue weighted by molar-refractivity contribution is 5.74. The molecule has 0 bridgehead atoms. The lowest BCUT2D eigenvalue weighted by molar-refractivity contribution is -0.625. The molecule has 1 rings (SSSR count). The Morgan fingerprint density at radius 3 is 2.62 bits per heavy atom. The predicted molar refractivity (Wildman–Crippen MR) is 52.1 cm³/mol. The van der Waals surface area contributed by atoms with Gasteiger partial charge in [-0.2, -0.15) is 0 Å². The van der Waals surface area contributed by atoms with E-state index < -0.39 is 22.5 Å². The maximum absolute atomic E-state index is 11.1. The molecule has 0 fully saturated rings. The molecule has 0 spiro atoms. The molecule has 7 heteroatoms. The summed E-state index contributed by atoms with van der Waals surface area (Å²) in [4.78, 5) is 21.2. The largest absolute Gasteiger partial charge is 0.492 e. The van der Waals surface area contributed by atoms with Gasteiger partial charge in [0.05, 0.1) is 12.0 Å². The molecule has 0 amide bonds. The van der Waals surface area contributed by atoms with Crippen molar-refractivity contribution in [2.75, 3.05) is 14.2 Å². The first-order valence-electron chi connectivity index (χ1n) is 4.36. The monoisotopic (exact) mass is 229 g/mol. The zero-order valence-corrected chi connectivity index (χ0v) is 8.75. The fraction of sp³-hybridized carbons (Fsp3) is 0.444. The van der Waals surface area contributed by atoms with Gasteiger partial charge < -0.3 is 14.6 Å². The van der Waals surface area contributed by atoms with Gasteiger partial charge in [0.2, 0.25) is 5.76 Å². The van der Waals surface area contributed by atoms with Crippen molar-refractivity contribution in [2.45, 2.75) is 5.72 Å². The third-order valence-corrected chi connectivity index (χ3v) is 2.39. The van der Waals surface area contributed by atoms with Gasteiger partial charge in [-0.05, 0) is 6.08 Å². The summed E-state index contributed by atoms with van der Waals surface area (Å²) in [6, 6.07) is 0. The van der Waals surface area contributed by atoms with Gasteiger partial charge >= 0.3 is 11.7 Å². The minimum Gasteiger partial charge on any atom is -0.492 e. The molecule has 1 aliphatic rings. The van der Waals surface area contributed by atoms with E-state index in [0.717, 1.165) is 7.11 Å². The summed E-state index contributed by atoms with van der Waals surface area (Å²) in [5.74, 6) is -2.92. The quantitative estimate of drug-likeness (QED) is 0.425. The maximum atomic E-state index is 11.1. The molecule has 1 N–H and O–H groups in total. The third kappa shape index (κ3) is 1.54. The molecule has 0 aromatic carbocycles. The van der Waals surface area contributed by atoms with E-state index in [1.165, 1.54) is 25.3 Å². The van der Waals surface area contributed by atoms with E-state index in [0.29, 0.717) is 0 Å².